The minimum Gasteiger partial charge on any atom is -0.508 e. The average molecular weight is 1070 g/mol. The number of pyridine rings is 1. The normalized spacial score (nSPS) is 24.4. The van der Waals surface area contributed by atoms with Crippen LogP contribution in [0.5, 0.6) is 11.8 Å². The zero-order chi connectivity index (χ0) is 53.4. The molecule has 78 heavy (non-hydrogen) atoms. The fourth-order valence-corrected chi connectivity index (χ4v) is 14.6. The van der Waals surface area contributed by atoms with Crippen molar-refractivity contribution in [3.05, 3.63) is 71.1 Å². The summed E-state index contributed by atoms with van der Waals surface area (Å²) < 4.78 is 53.6. The molecule has 3 aromatic carbocycles. The van der Waals surface area contributed by atoms with Crippen LogP contribution in [-0.2, 0) is 39.0 Å². The van der Waals surface area contributed by atoms with Gasteiger partial charge in [-0.1, -0.05) is 13.0 Å². The fourth-order valence-electron chi connectivity index (χ4n) is 14.6. The molecule has 13 rings (SSSR count). The molecule has 0 aliphatic carbocycles. The average Bonchev–Trinajstić information content (AvgIpc) is 4.12. The van der Waals surface area contributed by atoms with Crippen LogP contribution >= 0.6 is 0 Å². The number of piperidine rings is 3. The van der Waals surface area contributed by atoms with Gasteiger partial charge >= 0.3 is 12.1 Å². The van der Waals surface area contributed by atoms with Crippen LogP contribution in [0.25, 0.3) is 43.8 Å². The molecule has 3 amide bonds. The first-order valence-corrected chi connectivity index (χ1v) is 28.5. The number of aryl methyl sites for hydroxylation is 3. The third kappa shape index (κ3) is 9.01. The Labute approximate surface area is 451 Å². The van der Waals surface area contributed by atoms with E-state index in [1.807, 2.05) is 23.6 Å². The van der Waals surface area contributed by atoms with Gasteiger partial charge in [-0.2, -0.15) is 15.1 Å². The molecule has 0 radical (unpaired) electrons. The quantitative estimate of drug-likeness (QED) is 0.125. The summed E-state index contributed by atoms with van der Waals surface area (Å²) in [6.07, 6.45) is 10.6. The van der Waals surface area contributed by atoms with Crippen LogP contribution in [0.4, 0.5) is 25.1 Å². The highest BCUT2D eigenvalue weighted by Gasteiger charge is 2.50. The molecule has 410 valence electrons. The second kappa shape index (κ2) is 20.5. The van der Waals surface area contributed by atoms with Crippen molar-refractivity contribution in [2.45, 2.75) is 120 Å². The number of halogens is 2. The number of anilines is 2. The van der Waals surface area contributed by atoms with Crippen molar-refractivity contribution in [1.29, 1.82) is 0 Å². The van der Waals surface area contributed by atoms with Crippen LogP contribution in [0.2, 0.25) is 0 Å². The molecular weight excluding hydrogens is 999 g/mol. The standard InChI is InChI=1S/C59H68F2N10O7/c1-3-41-45(60)11-6-36-28-40(72)30-44(49(36)41)53-51(61)54-50-46(62-53)12-8-38-31-76-27-5-21-70(38)55(50)65-57(64-54)78-33-59-19-4-22-71(59)39(14-20-59)32-77-58(75)69-25-17-35(18-26-69)34-15-23-68(24-16-34)37-7-9-42-47(29-37)67(2)66-52(42)43-10-13-48(73)63-56(43)74/h6-7,9,11,28-30,34-35,38-39,43,72H,3-5,8,10,12-27,31-33H2,1-2H3,(H,63,73,74)/t38-,39-,43?,59-/m0/s1. The number of imide groups is 1. The van der Waals surface area contributed by atoms with Gasteiger partial charge in [-0.05, 0) is 155 Å². The first kappa shape index (κ1) is 50.8. The number of hydrogen-bond donors (Lipinski definition) is 2. The lowest BCUT2D eigenvalue weighted by Crippen LogP contribution is -2.48. The molecular formula is C59H68F2N10O7. The van der Waals surface area contributed by atoms with E-state index in [4.69, 9.17) is 34.3 Å². The molecule has 2 N–H and O–H groups in total. The largest absolute Gasteiger partial charge is 0.508 e. The second-order valence-electron chi connectivity index (χ2n) is 23.0. The summed E-state index contributed by atoms with van der Waals surface area (Å²) in [6.45, 7) is 8.35. The van der Waals surface area contributed by atoms with Gasteiger partial charge in [0.05, 0.1) is 46.4 Å². The van der Waals surface area contributed by atoms with Gasteiger partial charge in [-0.3, -0.25) is 24.5 Å². The van der Waals surface area contributed by atoms with Gasteiger partial charge in [0, 0.05) is 75.5 Å². The fraction of sp³-hybridized carbons (Fsp3) is 0.542. The third-order valence-corrected chi connectivity index (χ3v) is 18.7. The summed E-state index contributed by atoms with van der Waals surface area (Å²) in [5, 5.41) is 20.7. The number of nitrogens with zero attached hydrogens (tertiary/aromatic N) is 9. The lowest BCUT2D eigenvalue weighted by Gasteiger charge is -2.40. The number of phenols is 1. The highest BCUT2D eigenvalue weighted by molar-refractivity contribution is 6.04. The predicted octanol–water partition coefficient (Wildman–Crippen LogP) is 8.48. The van der Waals surface area contributed by atoms with E-state index in [1.165, 1.54) is 12.1 Å². The Bertz CT molecular complexity index is 3360. The number of aromatic nitrogens is 5. The zero-order valence-corrected chi connectivity index (χ0v) is 44.6. The van der Waals surface area contributed by atoms with E-state index in [9.17, 15) is 19.5 Å². The predicted molar refractivity (Wildman–Crippen MR) is 290 cm³/mol. The van der Waals surface area contributed by atoms with Gasteiger partial charge < -0.3 is 34.0 Å². The lowest BCUT2D eigenvalue weighted by molar-refractivity contribution is -0.134. The molecule has 3 aromatic heterocycles. The Hall–Kier alpha value is -6.73. The van der Waals surface area contributed by atoms with E-state index < -0.39 is 17.6 Å². The molecule has 0 saturated carbocycles. The van der Waals surface area contributed by atoms with Crippen molar-refractivity contribution in [1.82, 2.24) is 39.8 Å². The highest BCUT2D eigenvalue weighted by Crippen LogP contribution is 2.46. The van der Waals surface area contributed by atoms with E-state index in [1.54, 1.807) is 12.1 Å². The van der Waals surface area contributed by atoms with Gasteiger partial charge in [0.15, 0.2) is 5.82 Å². The molecule has 19 heteroatoms. The van der Waals surface area contributed by atoms with Crippen LogP contribution in [0.3, 0.4) is 0 Å². The van der Waals surface area contributed by atoms with Crippen LogP contribution in [0.15, 0.2) is 42.5 Å². The molecule has 0 bridgehead atoms. The van der Waals surface area contributed by atoms with E-state index in [-0.39, 0.29) is 65.1 Å². The molecule has 1 unspecified atom stereocenters. The minimum atomic E-state index is -0.680. The van der Waals surface area contributed by atoms with Crippen molar-refractivity contribution >= 4 is 62.0 Å². The number of likely N-dealkylation sites (tertiary alicyclic amines) is 1. The van der Waals surface area contributed by atoms with Gasteiger partial charge in [0.2, 0.25) is 11.8 Å². The summed E-state index contributed by atoms with van der Waals surface area (Å²) in [5.74, 6) is -0.371. The maximum Gasteiger partial charge on any atom is 0.409 e. The highest BCUT2D eigenvalue weighted by atomic mass is 19.1. The van der Waals surface area contributed by atoms with Crippen molar-refractivity contribution in [2.75, 3.05) is 75.5 Å². The van der Waals surface area contributed by atoms with Gasteiger partial charge in [-0.15, -0.1) is 0 Å². The molecule has 10 heterocycles. The van der Waals surface area contributed by atoms with Gasteiger partial charge in [0.25, 0.3) is 0 Å². The van der Waals surface area contributed by atoms with Crippen LogP contribution in [-0.4, -0.2) is 141 Å². The number of carbonyl (C=O) groups is 3. The molecule has 0 spiro atoms. The molecule has 4 atom stereocenters. The maximum atomic E-state index is 17.6. The van der Waals surface area contributed by atoms with Gasteiger partial charge in [-0.25, -0.2) is 18.6 Å². The molecule has 6 saturated heterocycles. The first-order chi connectivity index (χ1) is 37.9. The number of aromatic hydroxyl groups is 1. The van der Waals surface area contributed by atoms with E-state index in [2.05, 4.69) is 38.2 Å². The van der Waals surface area contributed by atoms with Crippen molar-refractivity contribution in [3.8, 4) is 23.0 Å². The number of ether oxygens (including phenoxy) is 3. The Kier molecular flexibility index (Phi) is 13.3. The maximum absolute atomic E-state index is 17.6. The summed E-state index contributed by atoms with van der Waals surface area (Å²) >= 11 is 0. The van der Waals surface area contributed by atoms with E-state index in [0.717, 1.165) is 99.7 Å². The first-order valence-electron chi connectivity index (χ1n) is 28.5. The zero-order valence-electron chi connectivity index (χ0n) is 44.6. The number of carbonyl (C=O) groups excluding carboxylic acids is 3. The summed E-state index contributed by atoms with van der Waals surface area (Å²) in [7, 11) is 1.91. The Morgan fingerprint density at radius 3 is 2.51 bits per heavy atom. The summed E-state index contributed by atoms with van der Waals surface area (Å²) in [4.78, 5) is 62.0. The Morgan fingerprint density at radius 2 is 1.71 bits per heavy atom. The van der Waals surface area contributed by atoms with Crippen LogP contribution in [0.1, 0.15) is 107 Å². The number of amides is 3. The smallest absolute Gasteiger partial charge is 0.409 e. The SMILES string of the molecule is CCc1c(F)ccc2cc(O)cc(-c3nc4c5c(nc(OC[C@@]67CCCN6[C@H](COC(=O)N6CCC(C8CCN(c9ccc%10c(C%11CCC(=O)NC%11=O)nn(C)c%10c9)CC8)CC6)CC7)nc5c3F)N3CCCOC[C@@H]3CC4)c12. The molecule has 17 nitrogen and oxygen atoms in total. The topological polar surface area (TPSA) is 181 Å². The van der Waals surface area contributed by atoms with Crippen molar-refractivity contribution < 1.29 is 42.5 Å². The number of hydrogen-bond acceptors (Lipinski definition) is 14. The number of phenolic OH excluding ortho intramolecular Hbond substituents is 1. The number of rotatable bonds is 10. The van der Waals surface area contributed by atoms with Crippen LogP contribution < -0.4 is 19.9 Å². The minimum absolute atomic E-state index is 0.000515. The van der Waals surface area contributed by atoms with Crippen molar-refractivity contribution in [2.24, 2.45) is 18.9 Å². The van der Waals surface area contributed by atoms with Gasteiger partial charge in [0.1, 0.15) is 41.8 Å². The van der Waals surface area contributed by atoms with Crippen LogP contribution in [0, 0.1) is 23.5 Å². The monoisotopic (exact) mass is 1070 g/mol. The van der Waals surface area contributed by atoms with E-state index in [0.29, 0.717) is 122 Å². The molecule has 7 aliphatic heterocycles. The number of nitrogens with one attached hydrogen (secondary N) is 1. The second-order valence-corrected chi connectivity index (χ2v) is 23.0. The Balaban J connectivity index is 0.654. The number of benzene rings is 3. The Morgan fingerprint density at radius 1 is 0.885 bits per heavy atom. The molecule has 6 aromatic rings. The lowest BCUT2D eigenvalue weighted by atomic mass is 9.79. The molecule has 6 fully saturated rings. The molecule has 7 aliphatic rings. The third-order valence-electron chi connectivity index (χ3n) is 18.7. The van der Waals surface area contributed by atoms with Crippen molar-refractivity contribution in [3.63, 3.8) is 0 Å². The number of fused-ring (bicyclic) bond motifs is 5. The van der Waals surface area contributed by atoms with E-state index >= 15 is 8.78 Å². The summed E-state index contributed by atoms with van der Waals surface area (Å²) in [5.41, 5.74) is 3.98. The summed E-state index contributed by atoms with van der Waals surface area (Å²) in [6, 6.07) is 12.5.